The van der Waals surface area contributed by atoms with Crippen LogP contribution >= 0.6 is 0 Å². The number of sulfonamides is 1. The zero-order valence-electron chi connectivity index (χ0n) is 18.7. The van der Waals surface area contributed by atoms with Gasteiger partial charge in [0, 0.05) is 31.1 Å². The minimum Gasteiger partial charge on any atom is -0.313 e. The van der Waals surface area contributed by atoms with Crippen molar-refractivity contribution in [3.05, 3.63) is 115 Å². The number of piperazine rings is 1. The molecule has 4 aromatic carbocycles. The second-order valence-corrected chi connectivity index (χ2v) is 10.9. The van der Waals surface area contributed by atoms with Crippen LogP contribution in [0.4, 0.5) is 0 Å². The highest BCUT2D eigenvalue weighted by Gasteiger charge is 2.56. The van der Waals surface area contributed by atoms with Gasteiger partial charge in [-0.3, -0.25) is 0 Å². The molecule has 34 heavy (non-hydrogen) atoms. The molecule has 5 heteroatoms. The second-order valence-electron chi connectivity index (χ2n) is 9.03. The number of fused-ring (bicyclic) bond motifs is 2. The predicted molar refractivity (Wildman–Crippen MR) is 136 cm³/mol. The maximum Gasteiger partial charge on any atom is 0.243 e. The van der Waals surface area contributed by atoms with Crippen LogP contribution in [0.15, 0.2) is 114 Å². The first-order valence-corrected chi connectivity index (χ1v) is 13.1. The van der Waals surface area contributed by atoms with Crippen molar-refractivity contribution in [1.82, 2.24) is 9.62 Å². The summed E-state index contributed by atoms with van der Waals surface area (Å²) in [4.78, 5) is 0.363. The van der Waals surface area contributed by atoms with E-state index in [0.29, 0.717) is 18.0 Å². The van der Waals surface area contributed by atoms with E-state index in [2.05, 4.69) is 41.7 Å². The van der Waals surface area contributed by atoms with Gasteiger partial charge < -0.3 is 5.32 Å². The topological polar surface area (TPSA) is 49.4 Å². The molecule has 0 saturated carbocycles. The van der Waals surface area contributed by atoms with Crippen molar-refractivity contribution >= 4 is 10.0 Å². The first-order valence-electron chi connectivity index (χ1n) is 11.7. The summed E-state index contributed by atoms with van der Waals surface area (Å²) in [7, 11) is -3.56. The molecule has 1 unspecified atom stereocenters. The Morgan fingerprint density at radius 1 is 0.588 bits per heavy atom. The lowest BCUT2D eigenvalue weighted by Crippen LogP contribution is -2.73. The maximum atomic E-state index is 13.6. The predicted octanol–water partition coefficient (Wildman–Crippen LogP) is 5.15. The van der Waals surface area contributed by atoms with Gasteiger partial charge in [-0.1, -0.05) is 97.1 Å². The Bertz CT molecular complexity index is 1370. The summed E-state index contributed by atoms with van der Waals surface area (Å²) in [6.07, 6.45) is 0. The summed E-state index contributed by atoms with van der Waals surface area (Å²) in [5, 5.41) is 3.40. The highest BCUT2D eigenvalue weighted by Crippen LogP contribution is 2.46. The molecule has 2 fully saturated rings. The van der Waals surface area contributed by atoms with Crippen LogP contribution in [0.25, 0.3) is 22.3 Å². The van der Waals surface area contributed by atoms with Gasteiger partial charge in [-0.15, -0.1) is 0 Å². The average Bonchev–Trinajstić information content (AvgIpc) is 2.90. The molecule has 0 spiro atoms. The number of rotatable bonds is 5. The number of benzene rings is 4. The summed E-state index contributed by atoms with van der Waals surface area (Å²) in [5.41, 5.74) is 5.67. The Balaban J connectivity index is 1.24. The van der Waals surface area contributed by atoms with Crippen LogP contribution in [-0.4, -0.2) is 37.9 Å². The van der Waals surface area contributed by atoms with Crippen molar-refractivity contribution in [1.29, 1.82) is 0 Å². The van der Waals surface area contributed by atoms with Crippen LogP contribution in [0.3, 0.4) is 0 Å². The van der Waals surface area contributed by atoms with Crippen LogP contribution in [0.1, 0.15) is 11.5 Å². The van der Waals surface area contributed by atoms with Crippen molar-refractivity contribution in [2.24, 2.45) is 0 Å². The lowest BCUT2D eigenvalue weighted by atomic mass is 9.74. The molecule has 4 aromatic rings. The van der Waals surface area contributed by atoms with E-state index in [0.717, 1.165) is 11.1 Å². The molecule has 6 rings (SSSR count). The van der Waals surface area contributed by atoms with Crippen LogP contribution in [-0.2, 0) is 10.0 Å². The Labute approximate surface area is 200 Å². The maximum absolute atomic E-state index is 13.6. The molecule has 1 N–H and O–H groups in total. The SMILES string of the molecule is O=S(=O)(c1ccc(-c2ccccc2)cc1)N1[C@@H]2CNC[C@H]1C2c1ccc(-c2ccccc2)cc1. The fraction of sp³-hybridized carbons (Fsp3) is 0.172. The van der Waals surface area contributed by atoms with Gasteiger partial charge in [-0.25, -0.2) is 8.42 Å². The van der Waals surface area contributed by atoms with E-state index in [4.69, 9.17) is 0 Å². The smallest absolute Gasteiger partial charge is 0.243 e. The largest absolute Gasteiger partial charge is 0.313 e. The number of nitrogens with zero attached hydrogens (tertiary/aromatic N) is 1. The Morgan fingerprint density at radius 3 is 1.53 bits per heavy atom. The quantitative estimate of drug-likeness (QED) is 0.443. The summed E-state index contributed by atoms with van der Waals surface area (Å²) in [6, 6.07) is 36.1. The molecule has 2 bridgehead atoms. The normalized spacial score (nSPS) is 22.2. The van der Waals surface area contributed by atoms with E-state index in [1.807, 2.05) is 60.7 Å². The molecule has 2 heterocycles. The Hall–Kier alpha value is -3.25. The van der Waals surface area contributed by atoms with E-state index in [9.17, 15) is 8.42 Å². The molecule has 3 atom stereocenters. The van der Waals surface area contributed by atoms with Crippen LogP contribution in [0.5, 0.6) is 0 Å². The van der Waals surface area contributed by atoms with Crippen molar-refractivity contribution in [3.8, 4) is 22.3 Å². The summed E-state index contributed by atoms with van der Waals surface area (Å²) < 4.78 is 28.9. The molecular formula is C29H26N2O2S. The summed E-state index contributed by atoms with van der Waals surface area (Å²) in [5.74, 6) is 0.212. The van der Waals surface area contributed by atoms with Crippen molar-refractivity contribution < 1.29 is 8.42 Å². The molecule has 0 radical (unpaired) electrons. The van der Waals surface area contributed by atoms with Gasteiger partial charge in [0.25, 0.3) is 0 Å². The van der Waals surface area contributed by atoms with Crippen LogP contribution in [0.2, 0.25) is 0 Å². The van der Waals surface area contributed by atoms with E-state index in [-0.39, 0.29) is 18.0 Å². The molecule has 2 aliphatic rings. The minimum atomic E-state index is -3.56. The second kappa shape index (κ2) is 8.51. The molecule has 0 aliphatic carbocycles. The van der Waals surface area contributed by atoms with E-state index < -0.39 is 10.0 Å². The lowest BCUT2D eigenvalue weighted by molar-refractivity contribution is 0.0370. The highest BCUT2D eigenvalue weighted by atomic mass is 32.2. The van der Waals surface area contributed by atoms with Gasteiger partial charge in [0.1, 0.15) is 0 Å². The van der Waals surface area contributed by atoms with Crippen molar-refractivity contribution in [2.75, 3.05) is 13.1 Å². The fourth-order valence-corrected chi connectivity index (χ4v) is 7.28. The number of piperidine rings is 1. The lowest BCUT2D eigenvalue weighted by Gasteiger charge is -2.57. The monoisotopic (exact) mass is 466 g/mol. The standard InChI is InChI=1S/C29H26N2O2S/c32-34(33,26-17-15-24(16-18-26)22-9-5-2-6-10-22)31-27-19-30-20-28(31)29(27)25-13-11-23(12-14-25)21-7-3-1-4-8-21/h1-18,27-30H,19-20H2/t27-,28+,29?. The molecule has 0 amide bonds. The third-order valence-corrected chi connectivity index (χ3v) is 9.09. The Kier molecular flexibility index (Phi) is 5.33. The fourth-order valence-electron chi connectivity index (χ4n) is 5.43. The average molecular weight is 467 g/mol. The van der Waals surface area contributed by atoms with Gasteiger partial charge in [0.05, 0.1) is 4.90 Å². The third kappa shape index (κ3) is 3.57. The van der Waals surface area contributed by atoms with Crippen molar-refractivity contribution in [2.45, 2.75) is 22.9 Å². The molecule has 2 aliphatic heterocycles. The van der Waals surface area contributed by atoms with Gasteiger partial charge in [0.15, 0.2) is 0 Å². The molecule has 0 aromatic heterocycles. The van der Waals surface area contributed by atoms with Gasteiger partial charge in [-0.2, -0.15) is 4.31 Å². The van der Waals surface area contributed by atoms with Crippen molar-refractivity contribution in [3.63, 3.8) is 0 Å². The highest BCUT2D eigenvalue weighted by molar-refractivity contribution is 7.89. The van der Waals surface area contributed by atoms with E-state index in [1.54, 1.807) is 16.4 Å². The molecule has 2 saturated heterocycles. The molecular weight excluding hydrogens is 440 g/mol. The number of hydrogen-bond donors (Lipinski definition) is 1. The van der Waals surface area contributed by atoms with Gasteiger partial charge in [-0.05, 0) is 39.9 Å². The molecule has 4 nitrogen and oxygen atoms in total. The summed E-state index contributed by atoms with van der Waals surface area (Å²) >= 11 is 0. The van der Waals surface area contributed by atoms with Gasteiger partial charge in [0.2, 0.25) is 10.0 Å². The first-order chi connectivity index (χ1) is 16.6. The van der Waals surface area contributed by atoms with E-state index >= 15 is 0 Å². The number of hydrogen-bond acceptors (Lipinski definition) is 3. The first kappa shape index (κ1) is 21.3. The zero-order chi connectivity index (χ0) is 23.1. The van der Waals surface area contributed by atoms with Crippen LogP contribution in [0, 0.1) is 0 Å². The van der Waals surface area contributed by atoms with Gasteiger partial charge >= 0.3 is 0 Å². The van der Waals surface area contributed by atoms with E-state index in [1.165, 1.54) is 16.7 Å². The zero-order valence-corrected chi connectivity index (χ0v) is 19.5. The minimum absolute atomic E-state index is 0.0693. The summed E-state index contributed by atoms with van der Waals surface area (Å²) in [6.45, 7) is 1.34. The Morgan fingerprint density at radius 2 is 1.03 bits per heavy atom. The number of nitrogens with one attached hydrogen (secondary N) is 1. The third-order valence-electron chi connectivity index (χ3n) is 7.13. The van der Waals surface area contributed by atoms with Crippen LogP contribution < -0.4 is 5.32 Å². The molecule has 170 valence electrons.